The van der Waals surface area contributed by atoms with Gasteiger partial charge < -0.3 is 4.52 Å². The van der Waals surface area contributed by atoms with Gasteiger partial charge in [0.05, 0.1) is 11.1 Å². The quantitative estimate of drug-likeness (QED) is 0.694. The lowest BCUT2D eigenvalue weighted by Crippen LogP contribution is -1.86. The Morgan fingerprint density at radius 3 is 3.14 bits per heavy atom. The van der Waals surface area contributed by atoms with Gasteiger partial charge in [0, 0.05) is 11.8 Å². The molecule has 0 fully saturated rings. The molecule has 0 aliphatic rings. The highest BCUT2D eigenvalue weighted by Gasteiger charge is 2.08. The number of aldehydes is 1. The maximum atomic E-state index is 10.6. The molecule has 0 saturated heterocycles. The Morgan fingerprint density at radius 1 is 1.57 bits per heavy atom. The molecule has 0 spiro atoms. The number of carbonyl (C=O) groups excluding carboxylic acids is 1. The number of nitrogens with zero attached hydrogens (tertiary/aromatic N) is 2. The molecule has 2 rings (SSSR count). The Balaban J connectivity index is 2.57. The Labute approximate surface area is 80.9 Å². The van der Waals surface area contributed by atoms with Gasteiger partial charge in [-0.15, -0.1) is 0 Å². The molecule has 2 aromatic heterocycles. The van der Waals surface area contributed by atoms with E-state index >= 15 is 0 Å². The third-order valence-corrected chi connectivity index (χ3v) is 2.05. The summed E-state index contributed by atoms with van der Waals surface area (Å²) in [4.78, 5) is 14.5. The molecule has 4 heteroatoms. The van der Waals surface area contributed by atoms with Crippen molar-refractivity contribution in [2.24, 2.45) is 0 Å². The Morgan fingerprint density at radius 2 is 2.43 bits per heavy atom. The van der Waals surface area contributed by atoms with E-state index in [1.54, 1.807) is 6.07 Å². The summed E-state index contributed by atoms with van der Waals surface area (Å²) in [5.41, 5.74) is 1.93. The van der Waals surface area contributed by atoms with Crippen LogP contribution in [0.1, 0.15) is 29.4 Å². The minimum absolute atomic E-state index is 0.499. The normalized spacial score (nSPS) is 10.6. The van der Waals surface area contributed by atoms with Gasteiger partial charge in [0.1, 0.15) is 0 Å². The number of rotatable bonds is 3. The number of aryl methyl sites for hydroxylation is 1. The third-order valence-electron chi connectivity index (χ3n) is 2.05. The van der Waals surface area contributed by atoms with Crippen molar-refractivity contribution in [3.8, 4) is 0 Å². The van der Waals surface area contributed by atoms with Gasteiger partial charge in [-0.3, -0.25) is 4.79 Å². The first-order valence-electron chi connectivity index (χ1n) is 4.54. The predicted molar refractivity (Wildman–Crippen MR) is 51.2 cm³/mol. The van der Waals surface area contributed by atoms with Crippen molar-refractivity contribution >= 4 is 17.4 Å². The Bertz CT molecular complexity index is 462. The molecule has 0 unspecified atom stereocenters. The SMILES string of the molecule is CCCc1noc2ncc(C=O)cc12. The van der Waals surface area contributed by atoms with Crippen LogP contribution in [0.15, 0.2) is 16.8 Å². The van der Waals surface area contributed by atoms with E-state index < -0.39 is 0 Å². The largest absolute Gasteiger partial charge is 0.336 e. The van der Waals surface area contributed by atoms with Crippen LogP contribution in [0.2, 0.25) is 0 Å². The second-order valence-electron chi connectivity index (χ2n) is 3.12. The highest BCUT2D eigenvalue weighted by atomic mass is 16.5. The van der Waals surface area contributed by atoms with E-state index in [9.17, 15) is 4.79 Å². The number of pyridine rings is 1. The monoisotopic (exact) mass is 190 g/mol. The summed E-state index contributed by atoms with van der Waals surface area (Å²) in [7, 11) is 0. The molecule has 0 aromatic carbocycles. The molecule has 0 aliphatic carbocycles. The van der Waals surface area contributed by atoms with Crippen molar-refractivity contribution in [3.05, 3.63) is 23.5 Å². The second kappa shape index (κ2) is 3.57. The van der Waals surface area contributed by atoms with Gasteiger partial charge in [-0.25, -0.2) is 4.98 Å². The predicted octanol–water partition coefficient (Wildman–Crippen LogP) is 1.99. The average molecular weight is 190 g/mol. The molecule has 0 amide bonds. The molecule has 0 bridgehead atoms. The topological polar surface area (TPSA) is 56.0 Å². The summed E-state index contributed by atoms with van der Waals surface area (Å²) in [5.74, 6) is 0. The Kier molecular flexibility index (Phi) is 2.26. The minimum atomic E-state index is 0.499. The lowest BCUT2D eigenvalue weighted by Gasteiger charge is -1.91. The van der Waals surface area contributed by atoms with Gasteiger partial charge >= 0.3 is 0 Å². The maximum Gasteiger partial charge on any atom is 0.257 e. The number of aromatic nitrogens is 2. The highest BCUT2D eigenvalue weighted by Crippen LogP contribution is 2.18. The van der Waals surface area contributed by atoms with Crippen LogP contribution in [0.4, 0.5) is 0 Å². The van der Waals surface area contributed by atoms with Gasteiger partial charge in [-0.1, -0.05) is 18.5 Å². The van der Waals surface area contributed by atoms with Crippen molar-refractivity contribution in [3.63, 3.8) is 0 Å². The zero-order valence-electron chi connectivity index (χ0n) is 7.86. The van der Waals surface area contributed by atoms with E-state index in [-0.39, 0.29) is 0 Å². The summed E-state index contributed by atoms with van der Waals surface area (Å²) in [6.07, 6.45) is 4.09. The molecular formula is C10H10N2O2. The minimum Gasteiger partial charge on any atom is -0.336 e. The van der Waals surface area contributed by atoms with E-state index in [0.717, 1.165) is 30.2 Å². The molecule has 0 atom stereocenters. The van der Waals surface area contributed by atoms with Crippen LogP contribution in [-0.2, 0) is 6.42 Å². The Hall–Kier alpha value is -1.71. The van der Waals surface area contributed by atoms with E-state index in [1.165, 1.54) is 6.20 Å². The van der Waals surface area contributed by atoms with Crippen LogP contribution in [0.3, 0.4) is 0 Å². The standard InChI is InChI=1S/C10H10N2O2/c1-2-3-9-8-4-7(6-13)5-11-10(8)14-12-9/h4-6H,2-3H2,1H3. The molecular weight excluding hydrogens is 180 g/mol. The first kappa shape index (κ1) is 8.87. The molecule has 14 heavy (non-hydrogen) atoms. The van der Waals surface area contributed by atoms with Crippen LogP contribution >= 0.6 is 0 Å². The molecule has 72 valence electrons. The number of hydrogen-bond acceptors (Lipinski definition) is 4. The summed E-state index contributed by atoms with van der Waals surface area (Å²) in [5, 5.41) is 4.75. The van der Waals surface area contributed by atoms with E-state index in [0.29, 0.717) is 11.3 Å². The molecule has 0 aliphatic heterocycles. The zero-order valence-corrected chi connectivity index (χ0v) is 7.86. The summed E-state index contributed by atoms with van der Waals surface area (Å²) >= 11 is 0. The van der Waals surface area contributed by atoms with Crippen molar-refractivity contribution < 1.29 is 9.32 Å². The summed E-state index contributed by atoms with van der Waals surface area (Å²) in [6.45, 7) is 2.07. The average Bonchev–Trinajstić information content (AvgIpc) is 2.61. The van der Waals surface area contributed by atoms with Crippen molar-refractivity contribution in [1.82, 2.24) is 10.1 Å². The fourth-order valence-corrected chi connectivity index (χ4v) is 1.38. The van der Waals surface area contributed by atoms with Crippen molar-refractivity contribution in [2.45, 2.75) is 19.8 Å². The molecule has 0 radical (unpaired) electrons. The fourth-order valence-electron chi connectivity index (χ4n) is 1.38. The third kappa shape index (κ3) is 1.39. The number of hydrogen-bond donors (Lipinski definition) is 0. The highest BCUT2D eigenvalue weighted by molar-refractivity contribution is 5.84. The molecule has 2 aromatic rings. The van der Waals surface area contributed by atoms with E-state index in [2.05, 4.69) is 17.1 Å². The van der Waals surface area contributed by atoms with Gasteiger partial charge in [-0.2, -0.15) is 0 Å². The van der Waals surface area contributed by atoms with Gasteiger partial charge in [0.15, 0.2) is 6.29 Å². The lowest BCUT2D eigenvalue weighted by atomic mass is 10.1. The molecule has 0 saturated carbocycles. The van der Waals surface area contributed by atoms with Crippen molar-refractivity contribution in [2.75, 3.05) is 0 Å². The van der Waals surface area contributed by atoms with Crippen LogP contribution < -0.4 is 0 Å². The zero-order chi connectivity index (χ0) is 9.97. The van der Waals surface area contributed by atoms with Gasteiger partial charge in [-0.05, 0) is 12.5 Å². The van der Waals surface area contributed by atoms with Crippen LogP contribution in [-0.4, -0.2) is 16.4 Å². The van der Waals surface area contributed by atoms with Crippen LogP contribution in [0.5, 0.6) is 0 Å². The van der Waals surface area contributed by atoms with Gasteiger partial charge in [0.2, 0.25) is 0 Å². The summed E-state index contributed by atoms with van der Waals surface area (Å²) in [6, 6.07) is 1.76. The number of carbonyl (C=O) groups is 1. The smallest absolute Gasteiger partial charge is 0.257 e. The summed E-state index contributed by atoms with van der Waals surface area (Å²) < 4.78 is 5.02. The van der Waals surface area contributed by atoms with Gasteiger partial charge in [0.25, 0.3) is 5.71 Å². The van der Waals surface area contributed by atoms with Crippen LogP contribution in [0, 0.1) is 0 Å². The molecule has 4 nitrogen and oxygen atoms in total. The van der Waals surface area contributed by atoms with E-state index in [1.807, 2.05) is 0 Å². The lowest BCUT2D eigenvalue weighted by molar-refractivity contribution is 0.112. The van der Waals surface area contributed by atoms with Crippen LogP contribution in [0.25, 0.3) is 11.1 Å². The first-order chi connectivity index (χ1) is 6.85. The number of fused-ring (bicyclic) bond motifs is 1. The second-order valence-corrected chi connectivity index (χ2v) is 3.12. The molecule has 2 heterocycles. The van der Waals surface area contributed by atoms with E-state index in [4.69, 9.17) is 4.52 Å². The first-order valence-corrected chi connectivity index (χ1v) is 4.54. The molecule has 0 N–H and O–H groups in total. The maximum absolute atomic E-state index is 10.6. The van der Waals surface area contributed by atoms with Crippen molar-refractivity contribution in [1.29, 1.82) is 0 Å². The fraction of sp³-hybridized carbons (Fsp3) is 0.300.